The normalized spacial score (nSPS) is 24.0. The molecule has 2 aromatic carbocycles. The Morgan fingerprint density at radius 1 is 1.06 bits per heavy atom. The summed E-state index contributed by atoms with van der Waals surface area (Å²) < 4.78 is 11.3. The number of benzene rings is 2. The molecule has 2 aromatic rings. The van der Waals surface area contributed by atoms with Crippen LogP contribution in [-0.4, -0.2) is 41.9 Å². The molecule has 0 bridgehead atoms. The van der Waals surface area contributed by atoms with Crippen molar-refractivity contribution >= 4 is 5.91 Å². The molecule has 5 heteroatoms. The molecule has 1 N–H and O–H groups in total. The van der Waals surface area contributed by atoms with Crippen molar-refractivity contribution in [3.63, 3.8) is 0 Å². The van der Waals surface area contributed by atoms with Gasteiger partial charge in [-0.3, -0.25) is 4.79 Å². The third-order valence-corrected chi connectivity index (χ3v) is 7.57. The first-order chi connectivity index (χ1) is 15.6. The Morgan fingerprint density at radius 3 is 2.62 bits per heavy atom. The van der Waals surface area contributed by atoms with Gasteiger partial charge in [0.1, 0.15) is 0 Å². The molecule has 5 nitrogen and oxygen atoms in total. The smallest absolute Gasteiger partial charge is 0.253 e. The minimum atomic E-state index is -0.261. The highest BCUT2D eigenvalue weighted by atomic mass is 16.7. The highest BCUT2D eigenvalue weighted by Gasteiger charge is 2.29. The fraction of sp³-hybridized carbons (Fsp3) is 0.519. The third kappa shape index (κ3) is 4.36. The van der Waals surface area contributed by atoms with Crippen LogP contribution in [0.3, 0.4) is 0 Å². The van der Waals surface area contributed by atoms with E-state index < -0.39 is 0 Å². The van der Waals surface area contributed by atoms with Gasteiger partial charge in [-0.1, -0.05) is 31.2 Å². The summed E-state index contributed by atoms with van der Waals surface area (Å²) in [7, 11) is 0. The Labute approximate surface area is 190 Å². The zero-order chi connectivity index (χ0) is 22.1. The van der Waals surface area contributed by atoms with Gasteiger partial charge in [-0.2, -0.15) is 0 Å². The summed E-state index contributed by atoms with van der Waals surface area (Å²) in [4.78, 5) is 14.6. The van der Waals surface area contributed by atoms with Crippen LogP contribution in [0.4, 0.5) is 0 Å². The van der Waals surface area contributed by atoms with Gasteiger partial charge in [-0.25, -0.2) is 0 Å². The summed E-state index contributed by atoms with van der Waals surface area (Å²) in [6.45, 7) is 3.91. The minimum Gasteiger partial charge on any atom is -0.454 e. The van der Waals surface area contributed by atoms with E-state index in [1.807, 2.05) is 23.1 Å². The van der Waals surface area contributed by atoms with Crippen LogP contribution in [0.1, 0.15) is 78.8 Å². The number of ether oxygens (including phenoxy) is 2. The Bertz CT molecular complexity index is 949. The second-order valence-electron chi connectivity index (χ2n) is 9.74. The number of amides is 1. The molecule has 1 saturated heterocycles. The van der Waals surface area contributed by atoms with E-state index in [0.717, 1.165) is 23.5 Å². The molecule has 1 aliphatic carbocycles. The first-order valence-corrected chi connectivity index (χ1v) is 12.0. The van der Waals surface area contributed by atoms with Gasteiger partial charge in [0, 0.05) is 24.2 Å². The molecule has 2 fully saturated rings. The minimum absolute atomic E-state index is 0.0863. The van der Waals surface area contributed by atoms with Gasteiger partial charge in [-0.15, -0.1) is 0 Å². The lowest BCUT2D eigenvalue weighted by atomic mass is 9.87. The van der Waals surface area contributed by atoms with Crippen LogP contribution in [-0.2, 0) is 0 Å². The number of para-hydroxylation sites is 1. The lowest BCUT2D eigenvalue weighted by molar-refractivity contribution is 0.0546. The van der Waals surface area contributed by atoms with Crippen molar-refractivity contribution in [1.82, 2.24) is 4.90 Å². The molecule has 1 saturated carbocycles. The van der Waals surface area contributed by atoms with E-state index in [1.54, 1.807) is 0 Å². The molecule has 5 rings (SSSR count). The van der Waals surface area contributed by atoms with Crippen LogP contribution < -0.4 is 9.47 Å². The van der Waals surface area contributed by atoms with E-state index in [9.17, 15) is 9.90 Å². The van der Waals surface area contributed by atoms with Gasteiger partial charge in [0.25, 0.3) is 5.91 Å². The Morgan fingerprint density at radius 2 is 1.84 bits per heavy atom. The summed E-state index contributed by atoms with van der Waals surface area (Å²) >= 11 is 0. The number of likely N-dealkylation sites (tertiary alicyclic amines) is 1. The van der Waals surface area contributed by atoms with Crippen molar-refractivity contribution in [3.05, 3.63) is 59.2 Å². The monoisotopic (exact) mass is 435 g/mol. The molecular formula is C27H33NO4. The van der Waals surface area contributed by atoms with Crippen LogP contribution in [0.5, 0.6) is 11.5 Å². The lowest BCUT2D eigenvalue weighted by Crippen LogP contribution is -2.40. The van der Waals surface area contributed by atoms with Crippen molar-refractivity contribution in [1.29, 1.82) is 0 Å². The maximum Gasteiger partial charge on any atom is 0.253 e. The first-order valence-electron chi connectivity index (χ1n) is 12.0. The van der Waals surface area contributed by atoms with E-state index in [-0.39, 0.29) is 12.0 Å². The number of hydrogen-bond donors (Lipinski definition) is 1. The second kappa shape index (κ2) is 9.14. The van der Waals surface area contributed by atoms with Crippen molar-refractivity contribution < 1.29 is 19.4 Å². The van der Waals surface area contributed by atoms with E-state index in [0.29, 0.717) is 50.5 Å². The lowest BCUT2D eigenvalue weighted by Gasteiger charge is -2.29. The number of fused-ring (bicyclic) bond motifs is 1. The van der Waals surface area contributed by atoms with Crippen molar-refractivity contribution in [2.45, 2.75) is 63.4 Å². The van der Waals surface area contributed by atoms with Gasteiger partial charge in [0.15, 0.2) is 11.5 Å². The van der Waals surface area contributed by atoms with E-state index >= 15 is 0 Å². The third-order valence-electron chi connectivity index (χ3n) is 7.57. The fourth-order valence-corrected chi connectivity index (χ4v) is 5.71. The van der Waals surface area contributed by atoms with Crippen molar-refractivity contribution in [2.75, 3.05) is 19.9 Å². The molecule has 0 spiro atoms. The first kappa shape index (κ1) is 21.3. The molecule has 1 amide bonds. The topological polar surface area (TPSA) is 59.0 Å². The zero-order valence-corrected chi connectivity index (χ0v) is 18.8. The molecule has 0 radical (unpaired) electrons. The number of rotatable bonds is 5. The van der Waals surface area contributed by atoms with Gasteiger partial charge in [-0.05, 0) is 80.0 Å². The van der Waals surface area contributed by atoms with Crippen LogP contribution >= 0.6 is 0 Å². The number of carbonyl (C=O) groups is 1. The Hall–Kier alpha value is -2.53. The predicted molar refractivity (Wildman–Crippen MR) is 123 cm³/mol. The average molecular weight is 436 g/mol. The quantitative estimate of drug-likeness (QED) is 0.711. The van der Waals surface area contributed by atoms with Crippen LogP contribution in [0.2, 0.25) is 0 Å². The largest absolute Gasteiger partial charge is 0.454 e. The molecule has 170 valence electrons. The molecule has 2 aliphatic heterocycles. The zero-order valence-electron chi connectivity index (χ0n) is 18.8. The second-order valence-corrected chi connectivity index (χ2v) is 9.74. The fourth-order valence-electron chi connectivity index (χ4n) is 5.71. The number of piperidine rings is 1. The Balaban J connectivity index is 1.18. The molecule has 0 aromatic heterocycles. The summed E-state index contributed by atoms with van der Waals surface area (Å²) in [6, 6.07) is 14.5. The van der Waals surface area contributed by atoms with Gasteiger partial charge >= 0.3 is 0 Å². The molecule has 3 atom stereocenters. The van der Waals surface area contributed by atoms with Gasteiger partial charge in [0.05, 0.1) is 6.10 Å². The van der Waals surface area contributed by atoms with Crippen molar-refractivity contribution in [2.24, 2.45) is 5.92 Å². The number of nitrogens with zero attached hydrogens (tertiary/aromatic N) is 1. The highest BCUT2D eigenvalue weighted by molar-refractivity contribution is 5.94. The number of aliphatic hydroxyl groups is 1. The number of aliphatic hydroxyl groups excluding tert-OH is 1. The summed E-state index contributed by atoms with van der Waals surface area (Å²) in [5.74, 6) is 3.60. The molecular weight excluding hydrogens is 402 g/mol. The maximum atomic E-state index is 12.8. The van der Waals surface area contributed by atoms with Crippen LogP contribution in [0.15, 0.2) is 42.5 Å². The van der Waals surface area contributed by atoms with Crippen molar-refractivity contribution in [3.8, 4) is 11.5 Å². The number of carbonyl (C=O) groups excluding carboxylic acids is 1. The van der Waals surface area contributed by atoms with E-state index in [4.69, 9.17) is 9.47 Å². The highest BCUT2D eigenvalue weighted by Crippen LogP contribution is 2.45. The summed E-state index contributed by atoms with van der Waals surface area (Å²) in [6.07, 6.45) is 5.91. The maximum absolute atomic E-state index is 12.8. The molecule has 0 unspecified atom stereocenters. The van der Waals surface area contributed by atoms with Crippen LogP contribution in [0, 0.1) is 5.92 Å². The van der Waals surface area contributed by atoms with E-state index in [1.165, 1.54) is 30.4 Å². The van der Waals surface area contributed by atoms with Crippen LogP contribution in [0.25, 0.3) is 0 Å². The molecule has 32 heavy (non-hydrogen) atoms. The van der Waals surface area contributed by atoms with E-state index in [2.05, 4.69) is 31.2 Å². The number of hydrogen-bond acceptors (Lipinski definition) is 4. The Kier molecular flexibility index (Phi) is 6.09. The van der Waals surface area contributed by atoms with Gasteiger partial charge < -0.3 is 19.5 Å². The predicted octanol–water partition coefficient (Wildman–Crippen LogP) is 5.09. The molecule has 2 heterocycles. The summed E-state index contributed by atoms with van der Waals surface area (Å²) in [5, 5.41) is 9.67. The SMILES string of the molecule is C[C@@H](C[C@H]1CC[C@@H](c2ccc(C(=O)N3CCC(O)CC3)cc2)C1)c1cccc2c1OCO2. The van der Waals surface area contributed by atoms with Gasteiger partial charge in [0.2, 0.25) is 6.79 Å². The summed E-state index contributed by atoms with van der Waals surface area (Å²) in [5.41, 5.74) is 3.37. The average Bonchev–Trinajstić information content (AvgIpc) is 3.48. The molecule has 3 aliphatic rings. The standard InChI is InChI=1S/C27H33NO4/c1-18(24-3-2-4-25-26(24)32-17-31-25)15-19-5-6-22(16-19)20-7-9-21(10-8-20)27(30)28-13-11-23(29)12-14-28/h2-4,7-10,18-19,22-23,29H,5-6,11-17H2,1H3/t18-,19+,22+/m0/s1.